The number of carbonyl (C=O) groups excluding carboxylic acids is 3. The second-order valence-corrected chi connectivity index (χ2v) is 11.1. The van der Waals surface area contributed by atoms with E-state index < -0.39 is 23.4 Å². The van der Waals surface area contributed by atoms with E-state index in [0.29, 0.717) is 15.4 Å². The molecule has 0 unspecified atom stereocenters. The predicted molar refractivity (Wildman–Crippen MR) is 143 cm³/mol. The number of benzene rings is 2. The minimum Gasteiger partial charge on any atom is -0.352 e. The summed E-state index contributed by atoms with van der Waals surface area (Å²) in [5.41, 5.74) is 2.04. The molecular weight excluding hydrogens is 488 g/mol. The Morgan fingerprint density at radius 1 is 0.833 bits per heavy atom. The molecule has 4 atom stereocenters. The van der Waals surface area contributed by atoms with Crippen LogP contribution in [0.5, 0.6) is 0 Å². The van der Waals surface area contributed by atoms with Crippen molar-refractivity contribution in [2.24, 2.45) is 5.92 Å². The third-order valence-corrected chi connectivity index (χ3v) is 9.39. The molecule has 5 heterocycles. The fraction of sp³-hybridized carbons (Fsp3) is 0.138. The minimum atomic E-state index is -1.25. The predicted octanol–water partition coefficient (Wildman–Crippen LogP) is 5.67. The van der Waals surface area contributed by atoms with Crippen LogP contribution in [-0.2, 0) is 10.2 Å². The Morgan fingerprint density at radius 2 is 1.53 bits per heavy atom. The monoisotopic (exact) mass is 508 g/mol. The number of nitrogens with zero attached hydrogens (tertiary/aromatic N) is 1. The summed E-state index contributed by atoms with van der Waals surface area (Å²) in [6, 6.07) is 21.4. The van der Waals surface area contributed by atoms with Crippen molar-refractivity contribution in [1.82, 2.24) is 0 Å². The molecule has 5 nitrogen and oxygen atoms in total. The second-order valence-electron chi connectivity index (χ2n) is 9.24. The molecule has 7 rings (SSSR count). The number of rotatable bonds is 4. The van der Waals surface area contributed by atoms with Gasteiger partial charge in [0.25, 0.3) is 0 Å². The zero-order chi connectivity index (χ0) is 24.4. The molecule has 1 fully saturated rings. The maximum Gasteiger partial charge on any atom is 0.238 e. The van der Waals surface area contributed by atoms with Gasteiger partial charge in [-0.1, -0.05) is 60.7 Å². The van der Waals surface area contributed by atoms with Crippen molar-refractivity contribution < 1.29 is 14.4 Å². The molecule has 1 saturated heterocycles. The van der Waals surface area contributed by atoms with Crippen LogP contribution in [0.1, 0.15) is 30.5 Å². The standard InChI is InChI=1S/C29H20N2O3S2/c32-26(21-11-5-15-35-21)24-25(27(33)22-12-6-16-36-22)31-20-10-4-1-7-17(20)13-14-23(31)29(24)18-8-2-3-9-19(18)30-28(29)34/h1-16,23-25H,(H,30,34)/t23-,24-,25+,29+/m1/s1. The molecule has 0 aliphatic carbocycles. The van der Waals surface area contributed by atoms with Crippen LogP contribution in [0.3, 0.4) is 0 Å². The molecule has 2 aromatic carbocycles. The van der Waals surface area contributed by atoms with Crippen molar-refractivity contribution in [1.29, 1.82) is 0 Å². The number of anilines is 2. The van der Waals surface area contributed by atoms with Gasteiger partial charge in [0.05, 0.1) is 21.7 Å². The molecule has 176 valence electrons. The molecule has 0 bridgehead atoms. The number of para-hydroxylation sites is 2. The lowest BCUT2D eigenvalue weighted by Crippen LogP contribution is -2.51. The van der Waals surface area contributed by atoms with Crippen molar-refractivity contribution in [3.8, 4) is 0 Å². The van der Waals surface area contributed by atoms with E-state index in [0.717, 1.165) is 16.8 Å². The van der Waals surface area contributed by atoms with E-state index in [9.17, 15) is 14.4 Å². The van der Waals surface area contributed by atoms with Gasteiger partial charge in [-0.05, 0) is 46.2 Å². The summed E-state index contributed by atoms with van der Waals surface area (Å²) < 4.78 is 0. The number of hydrogen-bond acceptors (Lipinski definition) is 6. The quantitative estimate of drug-likeness (QED) is 0.361. The van der Waals surface area contributed by atoms with Crippen LogP contribution < -0.4 is 10.2 Å². The fourth-order valence-corrected chi connectivity index (χ4v) is 7.66. The summed E-state index contributed by atoms with van der Waals surface area (Å²) >= 11 is 2.71. The van der Waals surface area contributed by atoms with Gasteiger partial charge in [0.2, 0.25) is 5.91 Å². The number of hydrogen-bond donors (Lipinski definition) is 1. The van der Waals surface area contributed by atoms with E-state index in [-0.39, 0.29) is 17.5 Å². The van der Waals surface area contributed by atoms with E-state index in [1.807, 2.05) is 88.5 Å². The van der Waals surface area contributed by atoms with E-state index in [2.05, 4.69) is 5.32 Å². The zero-order valence-electron chi connectivity index (χ0n) is 19.0. The van der Waals surface area contributed by atoms with Crippen LogP contribution >= 0.6 is 22.7 Å². The van der Waals surface area contributed by atoms with E-state index in [4.69, 9.17) is 0 Å². The number of amides is 1. The Kier molecular flexibility index (Phi) is 4.68. The number of Topliss-reactive ketones (excluding diaryl/α,β-unsaturated/α-hetero) is 2. The lowest BCUT2D eigenvalue weighted by Gasteiger charge is -2.37. The Hall–Kier alpha value is -3.81. The van der Waals surface area contributed by atoms with E-state index >= 15 is 0 Å². The molecule has 3 aliphatic heterocycles. The molecule has 0 saturated carbocycles. The molecule has 7 heteroatoms. The van der Waals surface area contributed by atoms with Crippen molar-refractivity contribution in [2.45, 2.75) is 17.5 Å². The highest BCUT2D eigenvalue weighted by Crippen LogP contribution is 2.58. The van der Waals surface area contributed by atoms with E-state index in [1.165, 1.54) is 22.7 Å². The number of ketones is 2. The van der Waals surface area contributed by atoms with Gasteiger partial charge < -0.3 is 10.2 Å². The van der Waals surface area contributed by atoms with Gasteiger partial charge >= 0.3 is 0 Å². The van der Waals surface area contributed by atoms with Gasteiger partial charge in [0, 0.05) is 11.4 Å². The maximum absolute atomic E-state index is 14.4. The van der Waals surface area contributed by atoms with Crippen LogP contribution in [-0.4, -0.2) is 29.6 Å². The molecule has 0 radical (unpaired) electrons. The van der Waals surface area contributed by atoms with Crippen LogP contribution in [0.25, 0.3) is 6.08 Å². The Bertz CT molecular complexity index is 1560. The molecule has 4 aromatic rings. The Morgan fingerprint density at radius 3 is 2.28 bits per heavy atom. The first kappa shape index (κ1) is 21.5. The Balaban J connectivity index is 1.55. The number of nitrogens with one attached hydrogen (secondary N) is 1. The molecule has 1 N–H and O–H groups in total. The summed E-state index contributed by atoms with van der Waals surface area (Å²) in [5.74, 6) is -1.45. The SMILES string of the molecule is O=C(c1cccs1)[C@@H]1[C@H](C(=O)c2cccs2)[C@@]2(C(=O)Nc3ccccc32)[C@H]2C=Cc3ccccc3N12. The van der Waals surface area contributed by atoms with Gasteiger partial charge in [-0.15, -0.1) is 22.7 Å². The minimum absolute atomic E-state index is 0.135. The average molecular weight is 509 g/mol. The summed E-state index contributed by atoms with van der Waals surface area (Å²) in [4.78, 5) is 46.0. The summed E-state index contributed by atoms with van der Waals surface area (Å²) in [5, 5.41) is 6.78. The number of carbonyl (C=O) groups is 3. The van der Waals surface area contributed by atoms with Crippen molar-refractivity contribution in [2.75, 3.05) is 10.2 Å². The molecule has 3 aliphatic rings. The highest BCUT2D eigenvalue weighted by molar-refractivity contribution is 7.12. The zero-order valence-corrected chi connectivity index (χ0v) is 20.6. The second kappa shape index (κ2) is 7.85. The lowest BCUT2D eigenvalue weighted by atomic mass is 9.65. The molecular formula is C29H20N2O3S2. The van der Waals surface area contributed by atoms with Gasteiger partial charge in [0.1, 0.15) is 11.5 Å². The van der Waals surface area contributed by atoms with Crippen LogP contribution in [0.4, 0.5) is 11.4 Å². The third kappa shape index (κ3) is 2.72. The molecule has 1 amide bonds. The normalized spacial score (nSPS) is 25.4. The smallest absolute Gasteiger partial charge is 0.238 e. The number of thiophene rings is 2. The van der Waals surface area contributed by atoms with Crippen LogP contribution in [0, 0.1) is 5.92 Å². The maximum atomic E-state index is 14.4. The Labute approximate surface area is 215 Å². The fourth-order valence-electron chi connectivity index (χ4n) is 6.26. The van der Waals surface area contributed by atoms with Gasteiger partial charge in [-0.2, -0.15) is 0 Å². The highest BCUT2D eigenvalue weighted by Gasteiger charge is 2.70. The third-order valence-electron chi connectivity index (χ3n) is 7.62. The average Bonchev–Trinajstić information content (AvgIpc) is 3.70. The lowest BCUT2D eigenvalue weighted by molar-refractivity contribution is -0.121. The van der Waals surface area contributed by atoms with Crippen molar-refractivity contribution >= 4 is 57.6 Å². The summed E-state index contributed by atoms with van der Waals surface area (Å²) in [6.07, 6.45) is 4.01. The van der Waals surface area contributed by atoms with Gasteiger partial charge in [-0.3, -0.25) is 14.4 Å². The van der Waals surface area contributed by atoms with Crippen LogP contribution in [0.15, 0.2) is 89.6 Å². The molecule has 2 aromatic heterocycles. The first-order chi connectivity index (χ1) is 17.6. The van der Waals surface area contributed by atoms with Crippen molar-refractivity contribution in [3.05, 3.63) is 111 Å². The largest absolute Gasteiger partial charge is 0.352 e. The first-order valence-corrected chi connectivity index (χ1v) is 13.5. The topological polar surface area (TPSA) is 66.5 Å². The van der Waals surface area contributed by atoms with Crippen molar-refractivity contribution in [3.63, 3.8) is 0 Å². The molecule has 36 heavy (non-hydrogen) atoms. The molecule has 1 spiro atoms. The summed E-state index contributed by atoms with van der Waals surface area (Å²) in [6.45, 7) is 0. The van der Waals surface area contributed by atoms with Gasteiger partial charge in [0.15, 0.2) is 11.6 Å². The van der Waals surface area contributed by atoms with Gasteiger partial charge in [-0.25, -0.2) is 0 Å². The first-order valence-electron chi connectivity index (χ1n) is 11.7. The van der Waals surface area contributed by atoms with E-state index in [1.54, 1.807) is 12.1 Å². The summed E-state index contributed by atoms with van der Waals surface area (Å²) in [7, 11) is 0. The highest BCUT2D eigenvalue weighted by atomic mass is 32.1. The van der Waals surface area contributed by atoms with Crippen LogP contribution in [0.2, 0.25) is 0 Å². The number of fused-ring (bicyclic) bond motifs is 6.